The minimum absolute atomic E-state index is 0.407. The van der Waals surface area contributed by atoms with Crippen molar-refractivity contribution >= 4 is 5.95 Å². The average Bonchev–Trinajstić information content (AvgIpc) is 2.73. The molecule has 1 aromatic rings. The maximum atomic E-state index is 5.61. The first kappa shape index (κ1) is 10.0. The molecule has 4 nitrogen and oxygen atoms in total. The van der Waals surface area contributed by atoms with Crippen LogP contribution < -0.4 is 5.73 Å². The summed E-state index contributed by atoms with van der Waals surface area (Å²) >= 11 is 0. The molecule has 2 aliphatic rings. The Hall–Kier alpha value is -1.16. The van der Waals surface area contributed by atoms with Gasteiger partial charge in [0, 0.05) is 30.9 Å². The van der Waals surface area contributed by atoms with Crippen molar-refractivity contribution in [1.82, 2.24) is 14.9 Å². The molecule has 0 bridgehead atoms. The zero-order valence-corrected chi connectivity index (χ0v) is 9.52. The summed E-state index contributed by atoms with van der Waals surface area (Å²) in [6, 6.07) is 0.754. The fourth-order valence-electron chi connectivity index (χ4n) is 2.90. The minimum atomic E-state index is 0.407. The predicted octanol–water partition coefficient (Wildman–Crippen LogP) is 1.71. The van der Waals surface area contributed by atoms with Gasteiger partial charge in [0.15, 0.2) is 0 Å². The summed E-state index contributed by atoms with van der Waals surface area (Å²) in [6.07, 6.45) is 8.75. The van der Waals surface area contributed by atoms with Crippen LogP contribution in [0.5, 0.6) is 0 Å². The molecule has 0 atom stereocenters. The van der Waals surface area contributed by atoms with Gasteiger partial charge in [0.2, 0.25) is 5.95 Å². The third kappa shape index (κ3) is 1.78. The van der Waals surface area contributed by atoms with Crippen LogP contribution in [0.4, 0.5) is 5.95 Å². The lowest BCUT2D eigenvalue weighted by Crippen LogP contribution is -2.32. The van der Waals surface area contributed by atoms with Crippen LogP contribution in [0.3, 0.4) is 0 Å². The van der Waals surface area contributed by atoms with Gasteiger partial charge in [0.05, 0.1) is 5.69 Å². The summed E-state index contributed by atoms with van der Waals surface area (Å²) in [4.78, 5) is 10.9. The number of nitrogens with zero attached hydrogens (tertiary/aromatic N) is 3. The van der Waals surface area contributed by atoms with Crippen molar-refractivity contribution in [3.63, 3.8) is 0 Å². The standard InChI is InChI=1S/C12H18N4/c13-12-14-6-9-7-16(8-11(9)15-12)10-4-2-1-3-5-10/h6,10H,1-5,7-8H2,(H2,13,14,15). The first-order chi connectivity index (χ1) is 7.83. The molecule has 3 rings (SSSR count). The molecule has 0 aromatic carbocycles. The molecular formula is C12H18N4. The third-order valence-electron chi connectivity index (χ3n) is 3.79. The summed E-state index contributed by atoms with van der Waals surface area (Å²) in [5.74, 6) is 0.407. The number of rotatable bonds is 1. The number of aromatic nitrogens is 2. The highest BCUT2D eigenvalue weighted by Gasteiger charge is 2.28. The van der Waals surface area contributed by atoms with Crippen molar-refractivity contribution in [1.29, 1.82) is 0 Å². The third-order valence-corrected chi connectivity index (χ3v) is 3.79. The molecule has 4 heteroatoms. The van der Waals surface area contributed by atoms with Crippen LogP contribution in [0.1, 0.15) is 43.4 Å². The average molecular weight is 218 g/mol. The summed E-state index contributed by atoms with van der Waals surface area (Å²) in [5, 5.41) is 0. The van der Waals surface area contributed by atoms with Gasteiger partial charge < -0.3 is 5.73 Å². The predicted molar refractivity (Wildman–Crippen MR) is 62.6 cm³/mol. The zero-order valence-electron chi connectivity index (χ0n) is 9.52. The van der Waals surface area contributed by atoms with E-state index < -0.39 is 0 Å². The Morgan fingerprint density at radius 3 is 2.81 bits per heavy atom. The van der Waals surface area contributed by atoms with Crippen LogP contribution in [0.25, 0.3) is 0 Å². The smallest absolute Gasteiger partial charge is 0.220 e. The van der Waals surface area contributed by atoms with Crippen molar-refractivity contribution < 1.29 is 0 Å². The second kappa shape index (κ2) is 4.01. The number of fused-ring (bicyclic) bond motifs is 1. The van der Waals surface area contributed by atoms with Gasteiger partial charge in [0.25, 0.3) is 0 Å². The Balaban J connectivity index is 1.74. The normalized spacial score (nSPS) is 22.2. The molecule has 0 unspecified atom stereocenters. The summed E-state index contributed by atoms with van der Waals surface area (Å²) in [7, 11) is 0. The molecule has 2 heterocycles. The minimum Gasteiger partial charge on any atom is -0.368 e. The molecule has 0 radical (unpaired) electrons. The van der Waals surface area contributed by atoms with E-state index in [4.69, 9.17) is 5.73 Å². The first-order valence-electron chi connectivity index (χ1n) is 6.17. The molecule has 1 fully saturated rings. The van der Waals surface area contributed by atoms with Crippen LogP contribution in [-0.4, -0.2) is 20.9 Å². The fraction of sp³-hybridized carbons (Fsp3) is 0.667. The van der Waals surface area contributed by atoms with E-state index in [0.717, 1.165) is 24.8 Å². The lowest BCUT2D eigenvalue weighted by molar-refractivity contribution is 0.156. The van der Waals surface area contributed by atoms with Crippen molar-refractivity contribution in [2.24, 2.45) is 0 Å². The SMILES string of the molecule is Nc1ncc2c(n1)CN(C1CCCCC1)C2. The topological polar surface area (TPSA) is 55.0 Å². The number of nitrogens with two attached hydrogens (primary N) is 1. The second-order valence-corrected chi connectivity index (χ2v) is 4.90. The maximum absolute atomic E-state index is 5.61. The van der Waals surface area contributed by atoms with Crippen LogP contribution in [-0.2, 0) is 13.1 Å². The Kier molecular flexibility index (Phi) is 2.52. The van der Waals surface area contributed by atoms with E-state index in [1.165, 1.54) is 37.7 Å². The second-order valence-electron chi connectivity index (χ2n) is 4.90. The van der Waals surface area contributed by atoms with Gasteiger partial charge in [-0.05, 0) is 12.8 Å². The van der Waals surface area contributed by atoms with E-state index in [0.29, 0.717) is 5.95 Å². The van der Waals surface area contributed by atoms with E-state index >= 15 is 0 Å². The maximum Gasteiger partial charge on any atom is 0.220 e. The molecule has 0 amide bonds. The van der Waals surface area contributed by atoms with Gasteiger partial charge in [-0.15, -0.1) is 0 Å². The molecule has 1 aromatic heterocycles. The molecule has 1 aliphatic heterocycles. The first-order valence-corrected chi connectivity index (χ1v) is 6.17. The zero-order chi connectivity index (χ0) is 11.0. The van der Waals surface area contributed by atoms with Crippen LogP contribution in [0, 0.1) is 0 Å². The molecule has 0 spiro atoms. The van der Waals surface area contributed by atoms with Gasteiger partial charge in [-0.2, -0.15) is 0 Å². The lowest BCUT2D eigenvalue weighted by Gasteiger charge is -2.30. The van der Waals surface area contributed by atoms with Crippen molar-refractivity contribution in [2.45, 2.75) is 51.2 Å². The fourth-order valence-corrected chi connectivity index (χ4v) is 2.90. The molecule has 0 saturated heterocycles. The van der Waals surface area contributed by atoms with Crippen LogP contribution in [0.15, 0.2) is 6.20 Å². The Labute approximate surface area is 95.9 Å². The van der Waals surface area contributed by atoms with E-state index in [1.54, 1.807) is 0 Å². The lowest BCUT2D eigenvalue weighted by atomic mass is 9.94. The van der Waals surface area contributed by atoms with Crippen LogP contribution in [0.2, 0.25) is 0 Å². The highest BCUT2D eigenvalue weighted by Crippen LogP contribution is 2.29. The summed E-state index contributed by atoms with van der Waals surface area (Å²) in [6.45, 7) is 1.98. The van der Waals surface area contributed by atoms with Gasteiger partial charge in [-0.3, -0.25) is 4.90 Å². The van der Waals surface area contributed by atoms with Crippen LogP contribution >= 0.6 is 0 Å². The molecule has 1 aliphatic carbocycles. The summed E-state index contributed by atoms with van der Waals surface area (Å²) < 4.78 is 0. The molecule has 1 saturated carbocycles. The summed E-state index contributed by atoms with van der Waals surface area (Å²) in [5.41, 5.74) is 8.01. The molecule has 16 heavy (non-hydrogen) atoms. The Bertz CT molecular complexity index is 385. The molecule has 86 valence electrons. The van der Waals surface area contributed by atoms with Gasteiger partial charge in [-0.1, -0.05) is 19.3 Å². The number of anilines is 1. The van der Waals surface area contributed by atoms with E-state index in [2.05, 4.69) is 14.9 Å². The number of hydrogen-bond donors (Lipinski definition) is 1. The largest absolute Gasteiger partial charge is 0.368 e. The van der Waals surface area contributed by atoms with E-state index in [9.17, 15) is 0 Å². The quantitative estimate of drug-likeness (QED) is 0.779. The number of hydrogen-bond acceptors (Lipinski definition) is 4. The molecule has 2 N–H and O–H groups in total. The van der Waals surface area contributed by atoms with Crippen molar-refractivity contribution in [3.8, 4) is 0 Å². The number of nitrogen functional groups attached to an aromatic ring is 1. The van der Waals surface area contributed by atoms with Gasteiger partial charge >= 0.3 is 0 Å². The molecular weight excluding hydrogens is 200 g/mol. The van der Waals surface area contributed by atoms with Gasteiger partial charge in [-0.25, -0.2) is 9.97 Å². The van der Waals surface area contributed by atoms with Crippen molar-refractivity contribution in [3.05, 3.63) is 17.5 Å². The Morgan fingerprint density at radius 2 is 2.00 bits per heavy atom. The van der Waals surface area contributed by atoms with Crippen molar-refractivity contribution in [2.75, 3.05) is 5.73 Å². The van der Waals surface area contributed by atoms with Gasteiger partial charge in [0.1, 0.15) is 0 Å². The van der Waals surface area contributed by atoms with E-state index in [1.807, 2.05) is 6.20 Å². The Morgan fingerprint density at radius 1 is 1.19 bits per heavy atom. The van der Waals surface area contributed by atoms with E-state index in [-0.39, 0.29) is 0 Å². The highest BCUT2D eigenvalue weighted by molar-refractivity contribution is 5.28. The highest BCUT2D eigenvalue weighted by atomic mass is 15.2. The monoisotopic (exact) mass is 218 g/mol.